The molecule has 1 aliphatic carbocycles. The van der Waals surface area contributed by atoms with Crippen LogP contribution >= 0.6 is 0 Å². The van der Waals surface area contributed by atoms with Crippen molar-refractivity contribution in [2.45, 2.75) is 0 Å². The van der Waals surface area contributed by atoms with Gasteiger partial charge in [0.1, 0.15) is 0 Å². The molecule has 1 heteroatoms. The minimum Gasteiger partial charge on any atom is -0.310 e. The third-order valence-corrected chi connectivity index (χ3v) is 7.95. The van der Waals surface area contributed by atoms with Gasteiger partial charge in [0.15, 0.2) is 0 Å². The van der Waals surface area contributed by atoms with Crippen LogP contribution in [-0.4, -0.2) is 0 Å². The molecule has 0 N–H and O–H groups in total. The van der Waals surface area contributed by atoms with Crippen molar-refractivity contribution in [3.8, 4) is 33.4 Å². The first-order valence-electron chi connectivity index (χ1n) is 13.4. The molecule has 7 aromatic carbocycles. The van der Waals surface area contributed by atoms with E-state index in [1.807, 2.05) is 0 Å². The number of rotatable bonds is 4. The second-order valence-corrected chi connectivity index (χ2v) is 10.2. The molecule has 0 aromatic heterocycles. The average Bonchev–Trinajstić information content (AvgIpc) is 3.01. The van der Waals surface area contributed by atoms with Gasteiger partial charge in [-0.05, 0) is 104 Å². The van der Waals surface area contributed by atoms with Gasteiger partial charge in [-0.25, -0.2) is 0 Å². The summed E-state index contributed by atoms with van der Waals surface area (Å²) in [6, 6.07) is 54.9. The second kappa shape index (κ2) is 8.72. The van der Waals surface area contributed by atoms with Crippen LogP contribution in [0.15, 0.2) is 152 Å². The second-order valence-electron chi connectivity index (χ2n) is 10.2. The molecule has 0 aliphatic heterocycles. The molecule has 0 atom stereocenters. The highest BCUT2D eigenvalue weighted by molar-refractivity contribution is 6.14. The van der Waals surface area contributed by atoms with Crippen molar-refractivity contribution in [2.75, 3.05) is 4.90 Å². The summed E-state index contributed by atoms with van der Waals surface area (Å²) in [6.45, 7) is 0. The summed E-state index contributed by atoms with van der Waals surface area (Å²) in [5.41, 5.74) is 11.3. The van der Waals surface area contributed by atoms with E-state index in [1.54, 1.807) is 0 Å². The molecule has 0 fully saturated rings. The topological polar surface area (TPSA) is 3.24 Å². The van der Waals surface area contributed by atoms with E-state index in [1.165, 1.54) is 60.6 Å². The summed E-state index contributed by atoms with van der Waals surface area (Å²) >= 11 is 0. The minimum absolute atomic E-state index is 1.14. The molecule has 1 nitrogen and oxygen atoms in total. The molecule has 0 saturated carbocycles. The Morgan fingerprint density at radius 1 is 0.333 bits per heavy atom. The van der Waals surface area contributed by atoms with Gasteiger partial charge in [0.2, 0.25) is 0 Å². The van der Waals surface area contributed by atoms with Crippen LogP contribution in [-0.2, 0) is 0 Å². The Kier molecular flexibility index (Phi) is 4.89. The first-order chi connectivity index (χ1) is 19.3. The van der Waals surface area contributed by atoms with Crippen molar-refractivity contribution in [2.24, 2.45) is 0 Å². The van der Waals surface area contributed by atoms with E-state index in [2.05, 4.69) is 157 Å². The zero-order valence-corrected chi connectivity index (χ0v) is 21.4. The van der Waals surface area contributed by atoms with Crippen LogP contribution in [0.1, 0.15) is 0 Å². The van der Waals surface area contributed by atoms with Crippen molar-refractivity contribution in [1.29, 1.82) is 0 Å². The summed E-state index contributed by atoms with van der Waals surface area (Å²) in [6.07, 6.45) is 0. The summed E-state index contributed by atoms with van der Waals surface area (Å²) in [5.74, 6) is 0. The van der Waals surface area contributed by atoms with Crippen molar-refractivity contribution >= 4 is 38.6 Å². The van der Waals surface area contributed by atoms with E-state index < -0.39 is 0 Å². The highest BCUT2D eigenvalue weighted by Gasteiger charge is 2.25. The molecule has 0 spiro atoms. The van der Waals surface area contributed by atoms with Crippen LogP contribution in [0.2, 0.25) is 0 Å². The molecule has 0 amide bonds. The molecule has 0 heterocycles. The highest BCUT2D eigenvalue weighted by Crippen LogP contribution is 2.51. The Bertz CT molecular complexity index is 1990. The monoisotopic (exact) mass is 495 g/mol. The van der Waals surface area contributed by atoms with E-state index in [4.69, 9.17) is 0 Å². The van der Waals surface area contributed by atoms with Gasteiger partial charge in [-0.15, -0.1) is 0 Å². The Morgan fingerprint density at radius 2 is 0.821 bits per heavy atom. The van der Waals surface area contributed by atoms with E-state index in [0.29, 0.717) is 0 Å². The number of nitrogens with zero attached hydrogens (tertiary/aromatic N) is 1. The SMILES string of the molecule is c1ccc(-c2ccc(N(c3ccccc3)c3cccc4cc5c(cc34)-c3cc4ccccc4cc3-5)cc2)cc1. The molecular formula is C38H25N. The number of hydrogen-bond acceptors (Lipinski definition) is 1. The van der Waals surface area contributed by atoms with E-state index >= 15 is 0 Å². The van der Waals surface area contributed by atoms with Crippen molar-refractivity contribution in [3.63, 3.8) is 0 Å². The number of para-hydroxylation sites is 1. The van der Waals surface area contributed by atoms with Gasteiger partial charge in [0.05, 0.1) is 5.69 Å². The predicted molar refractivity (Wildman–Crippen MR) is 166 cm³/mol. The Balaban J connectivity index is 1.29. The van der Waals surface area contributed by atoms with Gasteiger partial charge >= 0.3 is 0 Å². The van der Waals surface area contributed by atoms with Crippen LogP contribution in [0, 0.1) is 0 Å². The Hall–Kier alpha value is -5.14. The van der Waals surface area contributed by atoms with Crippen LogP contribution in [0.4, 0.5) is 17.1 Å². The molecule has 8 rings (SSSR count). The Morgan fingerprint density at radius 3 is 1.49 bits per heavy atom. The smallest absolute Gasteiger partial charge is 0.0540 e. The fourth-order valence-corrected chi connectivity index (χ4v) is 6.01. The van der Waals surface area contributed by atoms with E-state index in [-0.39, 0.29) is 0 Å². The van der Waals surface area contributed by atoms with Crippen LogP contribution < -0.4 is 4.90 Å². The lowest BCUT2D eigenvalue weighted by Crippen LogP contribution is -2.10. The zero-order valence-electron chi connectivity index (χ0n) is 21.4. The predicted octanol–water partition coefficient (Wildman–Crippen LogP) is 10.8. The van der Waals surface area contributed by atoms with Crippen LogP contribution in [0.5, 0.6) is 0 Å². The van der Waals surface area contributed by atoms with Crippen molar-refractivity contribution in [3.05, 3.63) is 152 Å². The molecule has 1 aliphatic rings. The molecule has 39 heavy (non-hydrogen) atoms. The molecule has 0 unspecified atom stereocenters. The highest BCUT2D eigenvalue weighted by atomic mass is 15.1. The number of fused-ring (bicyclic) bond motifs is 6. The fraction of sp³-hybridized carbons (Fsp3) is 0. The number of anilines is 3. The van der Waals surface area contributed by atoms with Crippen molar-refractivity contribution in [1.82, 2.24) is 0 Å². The van der Waals surface area contributed by atoms with Crippen LogP contribution in [0.25, 0.3) is 54.9 Å². The van der Waals surface area contributed by atoms with Crippen molar-refractivity contribution < 1.29 is 0 Å². The lowest BCUT2D eigenvalue weighted by molar-refractivity contribution is 1.30. The molecule has 0 saturated heterocycles. The normalized spacial score (nSPS) is 11.6. The summed E-state index contributed by atoms with van der Waals surface area (Å²) in [4.78, 5) is 2.38. The third-order valence-electron chi connectivity index (χ3n) is 7.95. The molecule has 182 valence electrons. The summed E-state index contributed by atoms with van der Waals surface area (Å²) in [5, 5.41) is 5.10. The fourth-order valence-electron chi connectivity index (χ4n) is 6.01. The van der Waals surface area contributed by atoms with Gasteiger partial charge < -0.3 is 4.90 Å². The van der Waals surface area contributed by atoms with Crippen LogP contribution in [0.3, 0.4) is 0 Å². The minimum atomic E-state index is 1.14. The Labute approximate surface area is 228 Å². The first kappa shape index (κ1) is 21.9. The third kappa shape index (κ3) is 3.55. The maximum atomic E-state index is 2.39. The van der Waals surface area contributed by atoms with Gasteiger partial charge in [-0.1, -0.05) is 97.1 Å². The van der Waals surface area contributed by atoms with Gasteiger partial charge in [-0.3, -0.25) is 0 Å². The molecule has 0 radical (unpaired) electrons. The zero-order chi connectivity index (χ0) is 25.8. The largest absolute Gasteiger partial charge is 0.310 e. The lowest BCUT2D eigenvalue weighted by Gasteiger charge is -2.29. The maximum absolute atomic E-state index is 2.39. The van der Waals surface area contributed by atoms with E-state index in [0.717, 1.165) is 11.4 Å². The first-order valence-corrected chi connectivity index (χ1v) is 13.4. The lowest BCUT2D eigenvalue weighted by atomic mass is 9.78. The molecular weight excluding hydrogens is 470 g/mol. The quantitative estimate of drug-likeness (QED) is 0.235. The van der Waals surface area contributed by atoms with Gasteiger partial charge in [0.25, 0.3) is 0 Å². The van der Waals surface area contributed by atoms with Gasteiger partial charge in [-0.2, -0.15) is 0 Å². The number of benzene rings is 7. The molecule has 0 bridgehead atoms. The summed E-state index contributed by atoms with van der Waals surface area (Å²) < 4.78 is 0. The maximum Gasteiger partial charge on any atom is 0.0540 e. The standard InChI is InChI=1S/C38H25N/c1-3-10-26(11-4-1)27-18-20-32(21-19-27)39(31-15-5-2-6-16-31)38-17-9-14-30-24-36-34-22-28-12-7-8-13-29(28)23-35(34)37(36)25-33(30)38/h1-25H. The average molecular weight is 496 g/mol. The summed E-state index contributed by atoms with van der Waals surface area (Å²) in [7, 11) is 0. The number of hydrogen-bond donors (Lipinski definition) is 0. The molecule has 7 aromatic rings. The van der Waals surface area contributed by atoms with Gasteiger partial charge in [0, 0.05) is 16.8 Å². The van der Waals surface area contributed by atoms with E-state index in [9.17, 15) is 0 Å².